The third-order valence-electron chi connectivity index (χ3n) is 2.24. The number of halogens is 4. The number of aromatic nitrogens is 2. The molecule has 2 aromatic rings. The average molecular weight is 366 g/mol. The van der Waals surface area contributed by atoms with Gasteiger partial charge >= 0.3 is 6.18 Å². The molecular weight excluding hydrogens is 360 g/mol. The van der Waals surface area contributed by atoms with E-state index in [0.717, 1.165) is 12.1 Å². The van der Waals surface area contributed by atoms with E-state index in [4.69, 9.17) is 0 Å². The Bertz CT molecular complexity index is 619. The van der Waals surface area contributed by atoms with Gasteiger partial charge in [0.1, 0.15) is 5.82 Å². The highest BCUT2D eigenvalue weighted by Gasteiger charge is 2.30. The lowest BCUT2D eigenvalue weighted by Gasteiger charge is -2.07. The van der Waals surface area contributed by atoms with E-state index in [2.05, 4.69) is 9.97 Å². The monoisotopic (exact) mass is 366 g/mol. The van der Waals surface area contributed by atoms with Gasteiger partial charge in [-0.3, -0.25) is 4.79 Å². The highest BCUT2D eigenvalue weighted by molar-refractivity contribution is 14.1. The quantitative estimate of drug-likeness (QED) is 0.789. The van der Waals surface area contributed by atoms with E-state index in [-0.39, 0.29) is 11.4 Å². The normalized spacial score (nSPS) is 11.6. The summed E-state index contributed by atoms with van der Waals surface area (Å²) in [7, 11) is 0. The molecule has 18 heavy (non-hydrogen) atoms. The van der Waals surface area contributed by atoms with Gasteiger partial charge in [0.2, 0.25) is 0 Å². The highest BCUT2D eigenvalue weighted by Crippen LogP contribution is 2.30. The molecule has 0 saturated carbocycles. The molecule has 1 N–H and O–H groups in total. The maximum atomic E-state index is 12.4. The molecule has 0 spiro atoms. The van der Waals surface area contributed by atoms with Crippen LogP contribution in [0.3, 0.4) is 0 Å². The van der Waals surface area contributed by atoms with Gasteiger partial charge in [-0.1, -0.05) is 12.1 Å². The molecule has 3 nitrogen and oxygen atoms in total. The van der Waals surface area contributed by atoms with Crippen molar-refractivity contribution in [3.63, 3.8) is 0 Å². The van der Waals surface area contributed by atoms with E-state index in [9.17, 15) is 18.0 Å². The molecule has 7 heteroatoms. The summed E-state index contributed by atoms with van der Waals surface area (Å²) in [6.07, 6.45) is -3.00. The molecule has 94 valence electrons. The summed E-state index contributed by atoms with van der Waals surface area (Å²) in [4.78, 5) is 17.8. The van der Waals surface area contributed by atoms with Crippen molar-refractivity contribution in [2.45, 2.75) is 6.18 Å². The number of aromatic amines is 1. The number of nitrogens with one attached hydrogen (secondary N) is 1. The molecule has 1 aromatic carbocycles. The molecule has 1 aromatic heterocycles. The maximum Gasteiger partial charge on any atom is 0.416 e. The minimum atomic E-state index is -4.37. The lowest BCUT2D eigenvalue weighted by Crippen LogP contribution is -2.11. The van der Waals surface area contributed by atoms with Crippen LogP contribution < -0.4 is 5.56 Å². The van der Waals surface area contributed by atoms with Crippen molar-refractivity contribution in [2.75, 3.05) is 0 Å². The van der Waals surface area contributed by atoms with Gasteiger partial charge in [-0.25, -0.2) is 4.98 Å². The van der Waals surface area contributed by atoms with Gasteiger partial charge in [0.25, 0.3) is 5.56 Å². The summed E-state index contributed by atoms with van der Waals surface area (Å²) >= 11 is 1.82. The topological polar surface area (TPSA) is 45.8 Å². The fraction of sp³-hybridized carbons (Fsp3) is 0.0909. The van der Waals surface area contributed by atoms with Crippen LogP contribution in [0.15, 0.2) is 35.3 Å². The van der Waals surface area contributed by atoms with Crippen molar-refractivity contribution in [3.05, 3.63) is 49.9 Å². The molecule has 0 atom stereocenters. The molecule has 0 bridgehead atoms. The first-order valence-electron chi connectivity index (χ1n) is 4.80. The predicted octanol–water partition coefficient (Wildman–Crippen LogP) is 3.06. The Balaban J connectivity index is 2.40. The Morgan fingerprint density at radius 2 is 1.78 bits per heavy atom. The van der Waals surface area contributed by atoms with E-state index in [1.54, 1.807) is 0 Å². The first kappa shape index (κ1) is 13.1. The second-order valence-corrected chi connectivity index (χ2v) is 4.65. The number of nitrogens with zero attached hydrogens (tertiary/aromatic N) is 1. The number of H-pyrrole nitrogens is 1. The van der Waals surface area contributed by atoms with Crippen LogP contribution in [0.1, 0.15) is 5.56 Å². The van der Waals surface area contributed by atoms with Crippen molar-refractivity contribution in [1.29, 1.82) is 0 Å². The van der Waals surface area contributed by atoms with Gasteiger partial charge in [-0.2, -0.15) is 13.2 Å². The summed E-state index contributed by atoms with van der Waals surface area (Å²) < 4.78 is 37.5. The number of benzene rings is 1. The Kier molecular flexibility index (Phi) is 3.42. The van der Waals surface area contributed by atoms with Gasteiger partial charge in [0.15, 0.2) is 0 Å². The number of hydrogen-bond donors (Lipinski definition) is 1. The van der Waals surface area contributed by atoms with Crippen LogP contribution in [0.25, 0.3) is 11.4 Å². The van der Waals surface area contributed by atoms with Crippen molar-refractivity contribution >= 4 is 22.6 Å². The van der Waals surface area contributed by atoms with Crippen LogP contribution in [-0.4, -0.2) is 9.97 Å². The molecule has 0 fully saturated rings. The van der Waals surface area contributed by atoms with Gasteiger partial charge in [-0.05, 0) is 34.7 Å². The lowest BCUT2D eigenvalue weighted by molar-refractivity contribution is -0.137. The summed E-state index contributed by atoms with van der Waals surface area (Å²) in [5, 5.41) is 0. The first-order valence-corrected chi connectivity index (χ1v) is 5.88. The zero-order valence-corrected chi connectivity index (χ0v) is 10.9. The zero-order valence-electron chi connectivity index (χ0n) is 8.75. The fourth-order valence-electron chi connectivity index (χ4n) is 1.34. The van der Waals surface area contributed by atoms with Crippen molar-refractivity contribution in [1.82, 2.24) is 9.97 Å². The second kappa shape index (κ2) is 4.71. The molecule has 0 unspecified atom stereocenters. The van der Waals surface area contributed by atoms with Crippen LogP contribution >= 0.6 is 22.6 Å². The largest absolute Gasteiger partial charge is 0.416 e. The number of hydrogen-bond acceptors (Lipinski definition) is 2. The summed E-state index contributed by atoms with van der Waals surface area (Å²) in [5.74, 6) is 0.245. The molecule has 1 heterocycles. The van der Waals surface area contributed by atoms with Crippen molar-refractivity contribution in [3.8, 4) is 11.4 Å². The van der Waals surface area contributed by atoms with E-state index in [0.29, 0.717) is 9.13 Å². The van der Waals surface area contributed by atoms with E-state index in [1.807, 2.05) is 22.6 Å². The molecular formula is C11H6F3IN2O. The van der Waals surface area contributed by atoms with Crippen molar-refractivity contribution < 1.29 is 13.2 Å². The molecule has 0 aliphatic carbocycles. The van der Waals surface area contributed by atoms with Crippen LogP contribution in [0, 0.1) is 3.57 Å². The summed E-state index contributed by atoms with van der Waals surface area (Å²) in [6, 6.07) is 4.45. The molecule has 0 aliphatic heterocycles. The van der Waals surface area contributed by atoms with Gasteiger partial charge in [-0.15, -0.1) is 0 Å². The van der Waals surface area contributed by atoms with Gasteiger partial charge in [0, 0.05) is 11.8 Å². The number of alkyl halides is 3. The Morgan fingerprint density at radius 1 is 1.17 bits per heavy atom. The van der Waals surface area contributed by atoms with Gasteiger partial charge in [0.05, 0.1) is 9.13 Å². The van der Waals surface area contributed by atoms with Crippen LogP contribution in [0.5, 0.6) is 0 Å². The molecule has 0 amide bonds. The second-order valence-electron chi connectivity index (χ2n) is 3.48. The summed E-state index contributed by atoms with van der Waals surface area (Å²) in [5.41, 5.74) is -0.629. The molecule has 0 saturated heterocycles. The Hall–Kier alpha value is -1.38. The molecule has 0 radical (unpaired) electrons. The maximum absolute atomic E-state index is 12.4. The fourth-order valence-corrected chi connectivity index (χ4v) is 1.62. The van der Waals surface area contributed by atoms with Crippen LogP contribution in [-0.2, 0) is 6.18 Å². The van der Waals surface area contributed by atoms with Crippen molar-refractivity contribution in [2.24, 2.45) is 0 Å². The first-order chi connectivity index (χ1) is 8.38. The molecule has 2 rings (SSSR count). The minimum absolute atomic E-state index is 0.245. The van der Waals surface area contributed by atoms with Gasteiger partial charge < -0.3 is 4.98 Å². The predicted molar refractivity (Wildman–Crippen MR) is 68.0 cm³/mol. The van der Waals surface area contributed by atoms with E-state index in [1.165, 1.54) is 18.3 Å². The van der Waals surface area contributed by atoms with Crippen LogP contribution in [0.2, 0.25) is 0 Å². The van der Waals surface area contributed by atoms with E-state index >= 15 is 0 Å². The SMILES string of the molecule is O=c1[nH]c(-c2ccc(C(F)(F)F)cc2)ncc1I. The third kappa shape index (κ3) is 2.71. The lowest BCUT2D eigenvalue weighted by atomic mass is 10.1. The number of rotatable bonds is 1. The Morgan fingerprint density at radius 3 is 2.28 bits per heavy atom. The van der Waals surface area contributed by atoms with E-state index < -0.39 is 11.7 Å². The summed E-state index contributed by atoms with van der Waals surface area (Å²) in [6.45, 7) is 0. The van der Waals surface area contributed by atoms with Crippen LogP contribution in [0.4, 0.5) is 13.2 Å². The average Bonchev–Trinajstić information content (AvgIpc) is 2.32. The third-order valence-corrected chi connectivity index (χ3v) is 3.01. The standard InChI is InChI=1S/C11H6F3IN2O/c12-11(13,14)7-3-1-6(2-4-7)9-16-5-8(15)10(18)17-9/h1-5H,(H,16,17,18). The Labute approximate surface area is 113 Å². The zero-order chi connectivity index (χ0) is 13.3. The smallest absolute Gasteiger partial charge is 0.306 e. The highest BCUT2D eigenvalue weighted by atomic mass is 127. The molecule has 0 aliphatic rings. The minimum Gasteiger partial charge on any atom is -0.306 e.